The molecule has 2 N–H and O–H groups in total. The Morgan fingerprint density at radius 1 is 1.44 bits per heavy atom. The van der Waals surface area contributed by atoms with Crippen LogP contribution in [0.4, 0.5) is 0 Å². The molecule has 5 nitrogen and oxygen atoms in total. The second-order valence-electron chi connectivity index (χ2n) is 4.50. The highest BCUT2D eigenvalue weighted by Gasteiger charge is 2.37. The normalized spacial score (nSPS) is 12.8. The number of hydrogen-bond acceptors (Lipinski definition) is 4. The number of carbonyl (C=O) groups is 1. The van der Waals surface area contributed by atoms with Crippen molar-refractivity contribution in [3.8, 4) is 6.07 Å². The van der Waals surface area contributed by atoms with E-state index >= 15 is 0 Å². The van der Waals surface area contributed by atoms with Gasteiger partial charge in [-0.25, -0.2) is 0 Å². The number of methoxy groups -OCH3 is 1. The molecule has 1 unspecified atom stereocenters. The van der Waals surface area contributed by atoms with Gasteiger partial charge in [0.2, 0.25) is 5.91 Å². The predicted molar refractivity (Wildman–Crippen MR) is 68.8 cm³/mol. The van der Waals surface area contributed by atoms with Gasteiger partial charge in [0.15, 0.2) is 0 Å². The van der Waals surface area contributed by atoms with Crippen molar-refractivity contribution in [2.24, 2.45) is 5.41 Å². The second-order valence-corrected chi connectivity index (χ2v) is 4.50. The monoisotopic (exact) mass is 256 g/mol. The third-order valence-electron chi connectivity index (χ3n) is 2.93. The Balaban J connectivity index is 4.79. The molecule has 0 aromatic carbocycles. The summed E-state index contributed by atoms with van der Waals surface area (Å²) < 4.78 is 4.90. The zero-order valence-electron chi connectivity index (χ0n) is 11.5. The van der Waals surface area contributed by atoms with Gasteiger partial charge in [0.25, 0.3) is 0 Å². The first kappa shape index (κ1) is 16.9. The smallest absolute Gasteiger partial charge is 0.240 e. The molecule has 5 heteroatoms. The van der Waals surface area contributed by atoms with E-state index in [-0.39, 0.29) is 19.1 Å². The number of nitrogens with one attached hydrogen (secondary N) is 1. The lowest BCUT2D eigenvalue weighted by Gasteiger charge is -2.27. The van der Waals surface area contributed by atoms with Crippen LogP contribution in [0.1, 0.15) is 39.5 Å². The fourth-order valence-electron chi connectivity index (χ4n) is 2.03. The second kappa shape index (κ2) is 8.90. The quantitative estimate of drug-likeness (QED) is 0.650. The Morgan fingerprint density at radius 3 is 2.33 bits per heavy atom. The van der Waals surface area contributed by atoms with Crippen LogP contribution in [0, 0.1) is 16.7 Å². The van der Waals surface area contributed by atoms with Crippen molar-refractivity contribution in [2.75, 3.05) is 20.3 Å². The molecule has 1 atom stereocenters. The van der Waals surface area contributed by atoms with Crippen molar-refractivity contribution in [3.05, 3.63) is 0 Å². The average Bonchev–Trinajstić information content (AvgIpc) is 2.37. The SMILES string of the molecule is CCCC(C#N)(CCC)C(=O)NC(CO)COC. The fourth-order valence-corrected chi connectivity index (χ4v) is 2.03. The van der Waals surface area contributed by atoms with E-state index in [2.05, 4.69) is 11.4 Å². The fraction of sp³-hybridized carbons (Fsp3) is 0.846. The zero-order chi connectivity index (χ0) is 14.0. The first-order valence-electron chi connectivity index (χ1n) is 6.42. The summed E-state index contributed by atoms with van der Waals surface area (Å²) >= 11 is 0. The van der Waals surface area contributed by atoms with Crippen molar-refractivity contribution in [3.63, 3.8) is 0 Å². The van der Waals surface area contributed by atoms with Crippen LogP contribution >= 0.6 is 0 Å². The molecule has 0 heterocycles. The Labute approximate surface area is 109 Å². The van der Waals surface area contributed by atoms with E-state index in [0.29, 0.717) is 12.8 Å². The van der Waals surface area contributed by atoms with E-state index in [0.717, 1.165) is 12.8 Å². The minimum Gasteiger partial charge on any atom is -0.394 e. The zero-order valence-corrected chi connectivity index (χ0v) is 11.5. The molecule has 0 aliphatic heterocycles. The van der Waals surface area contributed by atoms with E-state index in [9.17, 15) is 10.1 Å². The topological polar surface area (TPSA) is 82.4 Å². The van der Waals surface area contributed by atoms with Gasteiger partial charge in [-0.05, 0) is 12.8 Å². The summed E-state index contributed by atoms with van der Waals surface area (Å²) in [5.74, 6) is -0.301. The first-order valence-corrected chi connectivity index (χ1v) is 6.42. The lowest BCUT2D eigenvalue weighted by atomic mass is 9.79. The number of rotatable bonds is 9. The molecule has 0 aromatic heterocycles. The molecule has 0 rings (SSSR count). The van der Waals surface area contributed by atoms with Crippen LogP contribution in [-0.2, 0) is 9.53 Å². The Bertz CT molecular complexity index is 280. The van der Waals surface area contributed by atoms with Crippen molar-refractivity contribution in [2.45, 2.75) is 45.6 Å². The number of amides is 1. The van der Waals surface area contributed by atoms with Crippen molar-refractivity contribution in [1.82, 2.24) is 5.32 Å². The summed E-state index contributed by atoms with van der Waals surface area (Å²) in [4.78, 5) is 12.2. The molecular weight excluding hydrogens is 232 g/mol. The maximum atomic E-state index is 12.2. The summed E-state index contributed by atoms with van der Waals surface area (Å²) in [5, 5.41) is 21.1. The van der Waals surface area contributed by atoms with Gasteiger partial charge < -0.3 is 15.2 Å². The number of carbonyl (C=O) groups excluding carboxylic acids is 1. The van der Waals surface area contributed by atoms with Crippen molar-refractivity contribution < 1.29 is 14.6 Å². The first-order chi connectivity index (χ1) is 8.60. The van der Waals surface area contributed by atoms with Crippen LogP contribution in [0.5, 0.6) is 0 Å². The summed E-state index contributed by atoms with van der Waals surface area (Å²) in [5.41, 5.74) is -0.981. The van der Waals surface area contributed by atoms with Gasteiger partial charge in [0.1, 0.15) is 5.41 Å². The van der Waals surface area contributed by atoms with Crippen LogP contribution in [0.15, 0.2) is 0 Å². The molecule has 0 radical (unpaired) electrons. The molecular formula is C13H24N2O3. The molecule has 104 valence electrons. The standard InChI is InChI=1S/C13H24N2O3/c1-4-6-13(10-14,7-5-2)12(17)15-11(8-16)9-18-3/h11,16H,4-9H2,1-3H3,(H,15,17). The van der Waals surface area contributed by atoms with Crippen LogP contribution in [-0.4, -0.2) is 37.4 Å². The number of ether oxygens (including phenoxy) is 1. The average molecular weight is 256 g/mol. The lowest BCUT2D eigenvalue weighted by molar-refractivity contribution is -0.130. The molecule has 0 aromatic rings. The number of aliphatic hydroxyl groups is 1. The van der Waals surface area contributed by atoms with Gasteiger partial charge in [-0.1, -0.05) is 26.7 Å². The highest BCUT2D eigenvalue weighted by atomic mass is 16.5. The van der Waals surface area contributed by atoms with Crippen molar-refractivity contribution >= 4 is 5.91 Å². The van der Waals surface area contributed by atoms with Crippen molar-refractivity contribution in [1.29, 1.82) is 5.26 Å². The highest BCUT2D eigenvalue weighted by Crippen LogP contribution is 2.29. The van der Waals surface area contributed by atoms with E-state index in [4.69, 9.17) is 9.84 Å². The summed E-state index contributed by atoms with van der Waals surface area (Å²) in [6.45, 7) is 3.95. The third kappa shape index (κ3) is 4.63. The van der Waals surface area contributed by atoms with Crippen LogP contribution in [0.25, 0.3) is 0 Å². The molecule has 0 aliphatic carbocycles. The summed E-state index contributed by atoms with van der Waals surface area (Å²) in [6, 6.07) is 1.70. The minimum absolute atomic E-state index is 0.195. The maximum Gasteiger partial charge on any atom is 0.240 e. The number of hydrogen-bond donors (Lipinski definition) is 2. The lowest BCUT2D eigenvalue weighted by Crippen LogP contribution is -2.48. The van der Waals surface area contributed by atoms with E-state index in [1.807, 2.05) is 13.8 Å². The molecule has 18 heavy (non-hydrogen) atoms. The van der Waals surface area contributed by atoms with E-state index in [1.54, 1.807) is 0 Å². The van der Waals surface area contributed by atoms with Gasteiger partial charge in [-0.3, -0.25) is 4.79 Å². The number of nitrogens with zero attached hydrogens (tertiary/aromatic N) is 1. The molecule has 0 bridgehead atoms. The Kier molecular flexibility index (Phi) is 8.34. The predicted octanol–water partition coefficient (Wildman–Crippen LogP) is 1.22. The molecule has 0 saturated carbocycles. The highest BCUT2D eigenvalue weighted by molar-refractivity contribution is 5.85. The number of nitriles is 1. The van der Waals surface area contributed by atoms with Gasteiger partial charge in [-0.2, -0.15) is 5.26 Å². The van der Waals surface area contributed by atoms with Crippen LogP contribution < -0.4 is 5.32 Å². The van der Waals surface area contributed by atoms with Crippen LogP contribution in [0.3, 0.4) is 0 Å². The third-order valence-corrected chi connectivity index (χ3v) is 2.93. The molecule has 0 fully saturated rings. The maximum absolute atomic E-state index is 12.2. The van der Waals surface area contributed by atoms with E-state index in [1.165, 1.54) is 7.11 Å². The van der Waals surface area contributed by atoms with Crippen LogP contribution in [0.2, 0.25) is 0 Å². The molecule has 0 aliphatic rings. The van der Waals surface area contributed by atoms with Gasteiger partial charge in [-0.15, -0.1) is 0 Å². The molecule has 0 spiro atoms. The minimum atomic E-state index is -0.981. The summed E-state index contributed by atoms with van der Waals surface area (Å²) in [6.07, 6.45) is 2.62. The van der Waals surface area contributed by atoms with Gasteiger partial charge in [0, 0.05) is 7.11 Å². The molecule has 0 saturated heterocycles. The van der Waals surface area contributed by atoms with Gasteiger partial charge >= 0.3 is 0 Å². The molecule has 1 amide bonds. The largest absolute Gasteiger partial charge is 0.394 e. The van der Waals surface area contributed by atoms with Gasteiger partial charge in [0.05, 0.1) is 25.3 Å². The number of aliphatic hydroxyl groups excluding tert-OH is 1. The summed E-state index contributed by atoms with van der Waals surface area (Å²) in [7, 11) is 1.50. The Morgan fingerprint density at radius 2 is 2.00 bits per heavy atom. The van der Waals surface area contributed by atoms with E-state index < -0.39 is 11.5 Å². The Hall–Kier alpha value is -1.12.